The van der Waals surface area contributed by atoms with Gasteiger partial charge in [0, 0.05) is 0 Å². The minimum atomic E-state index is 0.221. The Morgan fingerprint density at radius 3 is 2.90 bits per heavy atom. The van der Waals surface area contributed by atoms with E-state index in [9.17, 15) is 0 Å². The quantitative estimate of drug-likeness (QED) is 0.615. The van der Waals surface area contributed by atoms with Crippen LogP contribution in [-0.2, 0) is 0 Å². The number of rotatable bonds is 3. The lowest BCUT2D eigenvalue weighted by molar-refractivity contribution is 0.545. The third-order valence-corrected chi connectivity index (χ3v) is 1.43. The van der Waals surface area contributed by atoms with Crippen molar-refractivity contribution >= 4 is 0 Å². The molecule has 5 heteroatoms. The molecule has 2 N–H and O–H groups in total. The van der Waals surface area contributed by atoms with Gasteiger partial charge in [0.05, 0.1) is 6.04 Å². The van der Waals surface area contributed by atoms with E-state index in [4.69, 9.17) is 0 Å². The van der Waals surface area contributed by atoms with Crippen LogP contribution in [-0.4, -0.2) is 27.7 Å². The van der Waals surface area contributed by atoms with E-state index >= 15 is 0 Å². The fourth-order valence-corrected chi connectivity index (χ4v) is 0.833. The van der Waals surface area contributed by atoms with Crippen LogP contribution in [0.3, 0.4) is 0 Å². The molecule has 0 aliphatic heterocycles. The van der Waals surface area contributed by atoms with Crippen LogP contribution in [0.1, 0.15) is 25.2 Å². The van der Waals surface area contributed by atoms with Crippen LogP contribution in [0.15, 0.2) is 0 Å². The number of hydrogen-bond donors (Lipinski definition) is 2. The Morgan fingerprint density at radius 2 is 2.50 bits per heavy atom. The van der Waals surface area contributed by atoms with Crippen LogP contribution >= 0.6 is 0 Å². The van der Waals surface area contributed by atoms with Crippen LogP contribution in [0.25, 0.3) is 0 Å². The van der Waals surface area contributed by atoms with E-state index in [-0.39, 0.29) is 6.04 Å². The number of hydrogen-bond acceptors (Lipinski definition) is 4. The van der Waals surface area contributed by atoms with Crippen molar-refractivity contribution in [3.63, 3.8) is 0 Å². The topological polar surface area (TPSA) is 66.5 Å². The smallest absolute Gasteiger partial charge is 0.191 e. The molecule has 1 rings (SSSR count). The van der Waals surface area contributed by atoms with Crippen LogP contribution in [0, 0.1) is 0 Å². The van der Waals surface area contributed by atoms with Crippen LogP contribution < -0.4 is 5.32 Å². The van der Waals surface area contributed by atoms with Crippen LogP contribution in [0.4, 0.5) is 0 Å². The molecule has 1 unspecified atom stereocenters. The molecule has 1 atom stereocenters. The highest BCUT2D eigenvalue weighted by Gasteiger charge is 2.09. The standard InChI is InChI=1S/C5H11N5/c1-3-4(6-2)5-7-9-10-8-5/h4,6H,3H2,1-2H3,(H,7,8,9,10). The van der Waals surface area contributed by atoms with E-state index in [0.717, 1.165) is 12.2 Å². The molecule has 0 bridgehead atoms. The molecule has 0 aliphatic carbocycles. The monoisotopic (exact) mass is 141 g/mol. The van der Waals surface area contributed by atoms with Gasteiger partial charge in [-0.3, -0.25) is 0 Å². The first kappa shape index (κ1) is 7.14. The highest BCUT2D eigenvalue weighted by Crippen LogP contribution is 2.07. The Bertz CT molecular complexity index is 166. The predicted molar refractivity (Wildman–Crippen MR) is 36.3 cm³/mol. The minimum Gasteiger partial charge on any atom is -0.310 e. The summed E-state index contributed by atoms with van der Waals surface area (Å²) in [4.78, 5) is 0. The summed E-state index contributed by atoms with van der Waals surface area (Å²) in [6.07, 6.45) is 0.968. The number of aromatic amines is 1. The first-order valence-corrected chi connectivity index (χ1v) is 3.29. The van der Waals surface area contributed by atoms with Crippen molar-refractivity contribution in [1.29, 1.82) is 0 Å². The Kier molecular flexibility index (Phi) is 2.33. The van der Waals surface area contributed by atoms with Crippen LogP contribution in [0.2, 0.25) is 0 Å². The first-order valence-electron chi connectivity index (χ1n) is 3.29. The second-order valence-corrected chi connectivity index (χ2v) is 2.02. The molecule has 0 aromatic carbocycles. The highest BCUT2D eigenvalue weighted by molar-refractivity contribution is 4.86. The summed E-state index contributed by atoms with van der Waals surface area (Å²) >= 11 is 0. The molecule has 56 valence electrons. The molecule has 0 aliphatic rings. The zero-order valence-electron chi connectivity index (χ0n) is 6.13. The SMILES string of the molecule is CCC(NC)c1nn[nH]n1. The average Bonchev–Trinajstić information content (AvgIpc) is 2.43. The number of H-pyrrole nitrogens is 1. The van der Waals surface area contributed by atoms with E-state index < -0.39 is 0 Å². The zero-order chi connectivity index (χ0) is 7.40. The van der Waals surface area contributed by atoms with Gasteiger partial charge < -0.3 is 5.32 Å². The molecule has 1 aromatic rings. The minimum absolute atomic E-state index is 0.221. The summed E-state index contributed by atoms with van der Waals surface area (Å²) in [5.74, 6) is 0.727. The van der Waals surface area contributed by atoms with E-state index in [1.54, 1.807) is 0 Å². The third-order valence-electron chi connectivity index (χ3n) is 1.43. The Hall–Kier alpha value is -0.970. The third kappa shape index (κ3) is 1.30. The van der Waals surface area contributed by atoms with Gasteiger partial charge >= 0.3 is 0 Å². The molecule has 1 heterocycles. The lowest BCUT2D eigenvalue weighted by Crippen LogP contribution is -2.16. The van der Waals surface area contributed by atoms with Gasteiger partial charge in [0.1, 0.15) is 0 Å². The van der Waals surface area contributed by atoms with Gasteiger partial charge in [-0.2, -0.15) is 5.21 Å². The number of nitrogens with zero attached hydrogens (tertiary/aromatic N) is 3. The fraction of sp³-hybridized carbons (Fsp3) is 0.800. The van der Waals surface area contributed by atoms with E-state index in [1.807, 2.05) is 7.05 Å². The average molecular weight is 141 g/mol. The molecule has 10 heavy (non-hydrogen) atoms. The Balaban J connectivity index is 2.64. The van der Waals surface area contributed by atoms with Crippen LogP contribution in [0.5, 0.6) is 0 Å². The van der Waals surface area contributed by atoms with Crippen molar-refractivity contribution in [2.24, 2.45) is 0 Å². The van der Waals surface area contributed by atoms with Gasteiger partial charge in [-0.05, 0) is 13.5 Å². The Morgan fingerprint density at radius 1 is 1.70 bits per heavy atom. The maximum Gasteiger partial charge on any atom is 0.191 e. The van der Waals surface area contributed by atoms with Crippen molar-refractivity contribution in [1.82, 2.24) is 25.9 Å². The first-order chi connectivity index (χ1) is 4.88. The van der Waals surface area contributed by atoms with Crippen molar-refractivity contribution in [2.75, 3.05) is 7.05 Å². The molecule has 1 aromatic heterocycles. The summed E-state index contributed by atoms with van der Waals surface area (Å²) in [6, 6.07) is 0.221. The zero-order valence-corrected chi connectivity index (χ0v) is 6.13. The predicted octanol–water partition coefficient (Wildman–Crippen LogP) is -0.130. The van der Waals surface area contributed by atoms with Gasteiger partial charge in [-0.15, -0.1) is 10.2 Å². The maximum atomic E-state index is 3.85. The second kappa shape index (κ2) is 3.26. The molecule has 0 saturated heterocycles. The van der Waals surface area contributed by atoms with E-state index in [1.165, 1.54) is 0 Å². The summed E-state index contributed by atoms with van der Waals surface area (Å²) in [6.45, 7) is 2.07. The number of aromatic nitrogens is 4. The van der Waals surface area contributed by atoms with Crippen molar-refractivity contribution < 1.29 is 0 Å². The molecule has 0 spiro atoms. The van der Waals surface area contributed by atoms with Gasteiger partial charge in [0.15, 0.2) is 5.82 Å². The summed E-state index contributed by atoms with van der Waals surface area (Å²) in [5.41, 5.74) is 0. The lowest BCUT2D eigenvalue weighted by atomic mass is 10.2. The molecular weight excluding hydrogens is 130 g/mol. The highest BCUT2D eigenvalue weighted by atomic mass is 15.5. The van der Waals surface area contributed by atoms with Gasteiger partial charge in [-0.25, -0.2) is 0 Å². The van der Waals surface area contributed by atoms with Gasteiger partial charge in [0.2, 0.25) is 0 Å². The van der Waals surface area contributed by atoms with Crippen molar-refractivity contribution in [3.05, 3.63) is 5.82 Å². The molecule has 0 amide bonds. The molecule has 0 fully saturated rings. The summed E-state index contributed by atoms with van der Waals surface area (Å²) < 4.78 is 0. The molecular formula is C5H11N5. The Labute approximate surface area is 59.2 Å². The summed E-state index contributed by atoms with van der Waals surface area (Å²) in [7, 11) is 1.88. The molecule has 5 nitrogen and oxygen atoms in total. The van der Waals surface area contributed by atoms with Crippen molar-refractivity contribution in [3.8, 4) is 0 Å². The maximum absolute atomic E-state index is 3.85. The normalized spacial score (nSPS) is 13.4. The second-order valence-electron chi connectivity index (χ2n) is 2.02. The number of nitrogens with one attached hydrogen (secondary N) is 2. The van der Waals surface area contributed by atoms with Gasteiger partial charge in [0.25, 0.3) is 0 Å². The molecule has 0 radical (unpaired) electrons. The van der Waals surface area contributed by atoms with Gasteiger partial charge in [-0.1, -0.05) is 12.1 Å². The lowest BCUT2D eigenvalue weighted by Gasteiger charge is -2.06. The summed E-state index contributed by atoms with van der Waals surface area (Å²) in [5, 5.41) is 16.6. The number of tetrazole rings is 1. The fourth-order valence-electron chi connectivity index (χ4n) is 0.833. The van der Waals surface area contributed by atoms with E-state index in [2.05, 4.69) is 32.9 Å². The molecule has 0 saturated carbocycles. The largest absolute Gasteiger partial charge is 0.310 e. The van der Waals surface area contributed by atoms with Crippen molar-refractivity contribution in [2.45, 2.75) is 19.4 Å². The van der Waals surface area contributed by atoms with E-state index in [0.29, 0.717) is 0 Å².